The lowest BCUT2D eigenvalue weighted by Gasteiger charge is -2.34. The molecule has 0 radical (unpaired) electrons. The van der Waals surface area contributed by atoms with Gasteiger partial charge in [-0.25, -0.2) is 9.59 Å². The number of carbonyl (C=O) groups is 2. The van der Waals surface area contributed by atoms with Crippen molar-refractivity contribution in [2.45, 2.75) is 51.9 Å². The van der Waals surface area contributed by atoms with E-state index >= 15 is 0 Å². The van der Waals surface area contributed by atoms with E-state index in [0.717, 1.165) is 12.8 Å². The summed E-state index contributed by atoms with van der Waals surface area (Å²) in [6.45, 7) is 11.3. The molecule has 6 nitrogen and oxygen atoms in total. The maximum Gasteiger partial charge on any atom is 0.338 e. The van der Waals surface area contributed by atoms with Gasteiger partial charge in [0, 0.05) is 11.1 Å². The van der Waals surface area contributed by atoms with Crippen molar-refractivity contribution in [3.8, 4) is 0 Å². The maximum atomic E-state index is 12.3. The molecule has 28 heavy (non-hydrogen) atoms. The predicted molar refractivity (Wildman–Crippen MR) is 111 cm³/mol. The first-order chi connectivity index (χ1) is 13.0. The highest BCUT2D eigenvalue weighted by Gasteiger charge is 2.33. The largest absolute Gasteiger partial charge is 0.462 e. The predicted octanol–water partition coefficient (Wildman–Crippen LogP) is 3.29. The molecule has 0 aromatic heterocycles. The number of esters is 2. The van der Waals surface area contributed by atoms with Gasteiger partial charge in [-0.15, -0.1) is 0 Å². The summed E-state index contributed by atoms with van der Waals surface area (Å²) in [4.78, 5) is 24.6. The minimum Gasteiger partial charge on any atom is -0.462 e. The molecular formula is C22H36NO5+. The number of carbonyl (C=O) groups excluding carboxylic acids is 2. The monoisotopic (exact) mass is 394 g/mol. The van der Waals surface area contributed by atoms with Crippen molar-refractivity contribution in [1.82, 2.24) is 0 Å². The molecule has 0 fully saturated rings. The maximum absolute atomic E-state index is 12.3. The number of likely N-dealkylation sites (N-methyl/N-ethyl adjacent to an activating group) is 1. The molecule has 0 bridgehead atoms. The lowest BCUT2D eigenvalue weighted by molar-refractivity contribution is -0.920. The first-order valence-electron chi connectivity index (χ1n) is 9.56. The Balaban J connectivity index is 5.10. The van der Waals surface area contributed by atoms with Gasteiger partial charge in [-0.2, -0.15) is 0 Å². The highest BCUT2D eigenvalue weighted by molar-refractivity contribution is 5.90. The van der Waals surface area contributed by atoms with E-state index in [-0.39, 0.29) is 16.5 Å². The summed E-state index contributed by atoms with van der Waals surface area (Å²) in [6, 6.07) is 0. The second-order valence-corrected chi connectivity index (χ2v) is 7.55. The van der Waals surface area contributed by atoms with Gasteiger partial charge >= 0.3 is 11.9 Å². The van der Waals surface area contributed by atoms with Crippen LogP contribution in [0.4, 0.5) is 0 Å². The fourth-order valence-corrected chi connectivity index (χ4v) is 2.37. The summed E-state index contributed by atoms with van der Waals surface area (Å²) < 4.78 is 10.9. The second kappa shape index (κ2) is 13.1. The summed E-state index contributed by atoms with van der Waals surface area (Å²) in [7, 11) is 5.47. The minimum absolute atomic E-state index is 0.155. The average molecular weight is 395 g/mol. The summed E-state index contributed by atoms with van der Waals surface area (Å²) in [5.41, 5.74) is 0.646. The normalized spacial score (nSPS) is 14.4. The Kier molecular flexibility index (Phi) is 12.1. The van der Waals surface area contributed by atoms with Crippen LogP contribution in [-0.2, 0) is 19.1 Å². The van der Waals surface area contributed by atoms with Gasteiger partial charge in [-0.05, 0) is 26.2 Å². The standard InChI is InChI=1S/C22H36NO5/c1-8-10-12-13-19(22(26)27-16-11-9-2)15-14-17(3)21(25)28-20(18(4)24)23(5,6)7/h8,10,12,15,18,20,24H,1,3,9,11,13-14,16H2,2,4-7H3/q+1. The number of quaternary nitrogens is 1. The van der Waals surface area contributed by atoms with Crippen molar-refractivity contribution >= 4 is 11.9 Å². The molecule has 2 unspecified atom stereocenters. The Hall–Kier alpha value is -2.18. The molecule has 0 spiro atoms. The number of nitrogens with zero attached hydrogens (tertiary/aromatic N) is 1. The van der Waals surface area contributed by atoms with E-state index in [9.17, 15) is 14.7 Å². The highest BCUT2D eigenvalue weighted by Crippen LogP contribution is 2.15. The number of unbranched alkanes of at least 4 members (excludes halogenated alkanes) is 1. The van der Waals surface area contributed by atoms with Crippen LogP contribution in [0.1, 0.15) is 39.5 Å². The lowest BCUT2D eigenvalue weighted by atomic mass is 10.1. The zero-order chi connectivity index (χ0) is 21.7. The molecule has 0 rings (SSSR count). The Morgan fingerprint density at radius 1 is 1.18 bits per heavy atom. The van der Waals surface area contributed by atoms with Crippen LogP contribution in [0.3, 0.4) is 0 Å². The van der Waals surface area contributed by atoms with Crippen LogP contribution in [0.25, 0.3) is 0 Å². The third kappa shape index (κ3) is 10.2. The molecule has 6 heteroatoms. The van der Waals surface area contributed by atoms with Gasteiger partial charge in [0.1, 0.15) is 6.10 Å². The number of allylic oxidation sites excluding steroid dienone is 4. The highest BCUT2D eigenvalue weighted by atomic mass is 16.6. The Labute approximate surface area is 169 Å². The third-order valence-corrected chi connectivity index (χ3v) is 3.89. The van der Waals surface area contributed by atoms with E-state index in [0.29, 0.717) is 18.6 Å². The zero-order valence-electron chi connectivity index (χ0n) is 17.9. The Bertz CT molecular complexity index is 597. The number of rotatable bonds is 13. The third-order valence-electron chi connectivity index (χ3n) is 3.89. The topological polar surface area (TPSA) is 72.8 Å². The molecular weight excluding hydrogens is 358 g/mol. The minimum atomic E-state index is -0.833. The smallest absolute Gasteiger partial charge is 0.338 e. The van der Waals surface area contributed by atoms with Crippen LogP contribution >= 0.6 is 0 Å². The SMILES string of the molecule is C=CC=CCC(=CCC(=C)C(=O)OC(C(C)O)[N+](C)(C)C)C(=O)OCCCC. The van der Waals surface area contributed by atoms with Crippen molar-refractivity contribution in [1.29, 1.82) is 0 Å². The first kappa shape index (κ1) is 25.8. The summed E-state index contributed by atoms with van der Waals surface area (Å²) in [5.74, 6) is -1.01. The lowest BCUT2D eigenvalue weighted by Crippen LogP contribution is -2.53. The Morgan fingerprint density at radius 2 is 1.82 bits per heavy atom. The fourth-order valence-electron chi connectivity index (χ4n) is 2.37. The van der Waals surface area contributed by atoms with E-state index in [1.165, 1.54) is 0 Å². The van der Waals surface area contributed by atoms with E-state index < -0.39 is 24.3 Å². The molecule has 0 saturated heterocycles. The molecule has 0 aromatic rings. The zero-order valence-corrected chi connectivity index (χ0v) is 17.9. The molecule has 0 aliphatic rings. The van der Waals surface area contributed by atoms with Crippen LogP contribution in [-0.4, -0.2) is 61.6 Å². The molecule has 0 aliphatic heterocycles. The number of aliphatic hydroxyl groups excluding tert-OH is 1. The Morgan fingerprint density at radius 3 is 2.32 bits per heavy atom. The van der Waals surface area contributed by atoms with Gasteiger partial charge in [0.05, 0.1) is 27.7 Å². The fraction of sp³-hybridized carbons (Fsp3) is 0.545. The van der Waals surface area contributed by atoms with Gasteiger partial charge in [0.2, 0.25) is 0 Å². The van der Waals surface area contributed by atoms with Crippen LogP contribution in [0, 0.1) is 0 Å². The first-order valence-corrected chi connectivity index (χ1v) is 9.56. The molecule has 2 atom stereocenters. The molecule has 0 saturated carbocycles. The number of hydrogen-bond donors (Lipinski definition) is 1. The average Bonchev–Trinajstić information content (AvgIpc) is 2.60. The van der Waals surface area contributed by atoms with Crippen LogP contribution in [0.2, 0.25) is 0 Å². The molecule has 158 valence electrons. The van der Waals surface area contributed by atoms with Crippen LogP contribution < -0.4 is 0 Å². The van der Waals surface area contributed by atoms with Gasteiger partial charge < -0.3 is 14.6 Å². The summed E-state index contributed by atoms with van der Waals surface area (Å²) in [5, 5.41) is 9.88. The summed E-state index contributed by atoms with van der Waals surface area (Å²) >= 11 is 0. The van der Waals surface area contributed by atoms with Crippen molar-refractivity contribution in [2.24, 2.45) is 0 Å². The quantitative estimate of drug-likeness (QED) is 0.130. The van der Waals surface area contributed by atoms with E-state index in [4.69, 9.17) is 9.47 Å². The number of aliphatic hydroxyl groups is 1. The van der Waals surface area contributed by atoms with E-state index in [2.05, 4.69) is 13.2 Å². The number of ether oxygens (including phenoxy) is 2. The van der Waals surface area contributed by atoms with Crippen LogP contribution in [0.15, 0.2) is 48.6 Å². The molecule has 0 amide bonds. The van der Waals surface area contributed by atoms with Gasteiger partial charge in [-0.3, -0.25) is 4.48 Å². The number of hydrogen-bond acceptors (Lipinski definition) is 5. The summed E-state index contributed by atoms with van der Waals surface area (Å²) in [6.07, 6.45) is 7.49. The van der Waals surface area contributed by atoms with Crippen molar-refractivity contribution in [3.63, 3.8) is 0 Å². The second-order valence-electron chi connectivity index (χ2n) is 7.55. The van der Waals surface area contributed by atoms with E-state index in [1.54, 1.807) is 31.2 Å². The molecule has 0 heterocycles. The molecule has 1 N–H and O–H groups in total. The molecule has 0 aromatic carbocycles. The van der Waals surface area contributed by atoms with Crippen molar-refractivity contribution in [3.05, 3.63) is 48.6 Å². The molecule has 0 aliphatic carbocycles. The van der Waals surface area contributed by atoms with E-state index in [1.807, 2.05) is 28.1 Å². The van der Waals surface area contributed by atoms with Gasteiger partial charge in [0.25, 0.3) is 6.23 Å². The van der Waals surface area contributed by atoms with Crippen molar-refractivity contribution < 1.29 is 28.7 Å². The van der Waals surface area contributed by atoms with Crippen LogP contribution in [0.5, 0.6) is 0 Å². The van der Waals surface area contributed by atoms with Gasteiger partial charge in [-0.1, -0.05) is 50.8 Å². The van der Waals surface area contributed by atoms with Crippen molar-refractivity contribution in [2.75, 3.05) is 27.7 Å². The van der Waals surface area contributed by atoms with Gasteiger partial charge in [0.15, 0.2) is 0 Å².